The highest BCUT2D eigenvalue weighted by atomic mass is 19.2. The average Bonchev–Trinajstić information content (AvgIpc) is 2.41. The standard InChI is InChI=1S/C16H26F2N2/c1-5-12(3)10-20(4)11-15(19-6-2)13-8-7-9-14(17)16(13)18/h7-9,12,15,19H,5-6,10-11H2,1-4H3. The van der Waals surface area contributed by atoms with E-state index in [1.165, 1.54) is 0 Å². The van der Waals surface area contributed by atoms with E-state index in [2.05, 4.69) is 24.1 Å². The molecule has 0 fully saturated rings. The third-order valence-electron chi connectivity index (χ3n) is 3.62. The maximum atomic E-state index is 13.9. The smallest absolute Gasteiger partial charge is 0.163 e. The van der Waals surface area contributed by atoms with Gasteiger partial charge in [-0.15, -0.1) is 0 Å². The Morgan fingerprint density at radius 3 is 2.50 bits per heavy atom. The van der Waals surface area contributed by atoms with Crippen LogP contribution in [0.5, 0.6) is 0 Å². The van der Waals surface area contributed by atoms with Crippen molar-refractivity contribution in [2.75, 3.05) is 26.7 Å². The van der Waals surface area contributed by atoms with Crippen LogP contribution in [0.25, 0.3) is 0 Å². The second-order valence-electron chi connectivity index (χ2n) is 5.49. The van der Waals surface area contributed by atoms with Crippen LogP contribution in [-0.4, -0.2) is 31.6 Å². The molecule has 4 heteroatoms. The molecule has 1 rings (SSSR count). The highest BCUT2D eigenvalue weighted by Crippen LogP contribution is 2.20. The largest absolute Gasteiger partial charge is 0.309 e. The fourth-order valence-electron chi connectivity index (χ4n) is 2.36. The molecule has 0 saturated carbocycles. The summed E-state index contributed by atoms with van der Waals surface area (Å²) < 4.78 is 27.3. The summed E-state index contributed by atoms with van der Waals surface area (Å²) in [6.45, 7) is 8.67. The Kier molecular flexibility index (Phi) is 7.10. The van der Waals surface area contributed by atoms with E-state index in [-0.39, 0.29) is 6.04 Å². The van der Waals surface area contributed by atoms with Crippen LogP contribution in [-0.2, 0) is 0 Å². The first kappa shape index (κ1) is 17.1. The molecular formula is C16H26F2N2. The molecule has 0 bridgehead atoms. The molecular weight excluding hydrogens is 258 g/mol. The zero-order valence-electron chi connectivity index (χ0n) is 12.9. The highest BCUT2D eigenvalue weighted by Gasteiger charge is 2.19. The Bertz CT molecular complexity index is 409. The third kappa shape index (κ3) is 4.84. The summed E-state index contributed by atoms with van der Waals surface area (Å²) in [7, 11) is 2.02. The van der Waals surface area contributed by atoms with E-state index in [1.54, 1.807) is 12.1 Å². The number of nitrogens with zero attached hydrogens (tertiary/aromatic N) is 1. The van der Waals surface area contributed by atoms with Crippen LogP contribution in [0.15, 0.2) is 18.2 Å². The molecule has 0 aliphatic rings. The van der Waals surface area contributed by atoms with Gasteiger partial charge in [0.05, 0.1) is 0 Å². The molecule has 2 nitrogen and oxygen atoms in total. The van der Waals surface area contributed by atoms with Crippen LogP contribution in [0, 0.1) is 17.6 Å². The predicted molar refractivity (Wildman–Crippen MR) is 79.7 cm³/mol. The van der Waals surface area contributed by atoms with E-state index in [1.807, 2.05) is 14.0 Å². The number of hydrogen-bond acceptors (Lipinski definition) is 2. The lowest BCUT2D eigenvalue weighted by Crippen LogP contribution is -2.35. The molecule has 0 heterocycles. The van der Waals surface area contributed by atoms with Gasteiger partial charge in [-0.25, -0.2) is 8.78 Å². The number of rotatable bonds is 8. The molecule has 1 N–H and O–H groups in total. The van der Waals surface area contributed by atoms with Crippen LogP contribution < -0.4 is 5.32 Å². The van der Waals surface area contributed by atoms with Crippen molar-refractivity contribution < 1.29 is 8.78 Å². The summed E-state index contributed by atoms with van der Waals surface area (Å²) in [5.41, 5.74) is 0.405. The molecule has 0 spiro atoms. The van der Waals surface area contributed by atoms with Crippen molar-refractivity contribution in [1.82, 2.24) is 10.2 Å². The molecule has 2 unspecified atom stereocenters. The lowest BCUT2D eigenvalue weighted by molar-refractivity contribution is 0.251. The van der Waals surface area contributed by atoms with Crippen molar-refractivity contribution >= 4 is 0 Å². The van der Waals surface area contributed by atoms with Crippen molar-refractivity contribution in [2.45, 2.75) is 33.2 Å². The lowest BCUT2D eigenvalue weighted by Gasteiger charge is -2.27. The topological polar surface area (TPSA) is 15.3 Å². The number of benzene rings is 1. The van der Waals surface area contributed by atoms with Crippen molar-refractivity contribution in [2.24, 2.45) is 5.92 Å². The van der Waals surface area contributed by atoms with Gasteiger partial charge in [0.2, 0.25) is 0 Å². The van der Waals surface area contributed by atoms with Gasteiger partial charge in [-0.3, -0.25) is 0 Å². The molecule has 0 amide bonds. The van der Waals surface area contributed by atoms with Gasteiger partial charge in [0, 0.05) is 24.7 Å². The van der Waals surface area contributed by atoms with E-state index in [9.17, 15) is 8.78 Å². The quantitative estimate of drug-likeness (QED) is 0.785. The summed E-state index contributed by atoms with van der Waals surface area (Å²) >= 11 is 0. The Balaban J connectivity index is 2.80. The second-order valence-corrected chi connectivity index (χ2v) is 5.49. The van der Waals surface area contributed by atoms with Crippen molar-refractivity contribution in [3.8, 4) is 0 Å². The van der Waals surface area contributed by atoms with Crippen LogP contribution in [0.2, 0.25) is 0 Å². The van der Waals surface area contributed by atoms with Crippen LogP contribution in [0.3, 0.4) is 0 Å². The first-order chi connectivity index (χ1) is 9.49. The molecule has 20 heavy (non-hydrogen) atoms. The predicted octanol–water partition coefficient (Wildman–Crippen LogP) is 3.59. The average molecular weight is 284 g/mol. The normalized spacial score (nSPS) is 14.6. The third-order valence-corrected chi connectivity index (χ3v) is 3.62. The van der Waals surface area contributed by atoms with Crippen LogP contribution in [0.1, 0.15) is 38.8 Å². The van der Waals surface area contributed by atoms with Crippen LogP contribution in [0.4, 0.5) is 8.78 Å². The van der Waals surface area contributed by atoms with Crippen LogP contribution >= 0.6 is 0 Å². The minimum absolute atomic E-state index is 0.190. The van der Waals surface area contributed by atoms with Gasteiger partial charge >= 0.3 is 0 Å². The monoisotopic (exact) mass is 284 g/mol. The first-order valence-corrected chi connectivity index (χ1v) is 7.35. The Labute approximate surface area is 121 Å². The summed E-state index contributed by atoms with van der Waals surface area (Å²) in [4.78, 5) is 2.17. The fourth-order valence-corrected chi connectivity index (χ4v) is 2.36. The van der Waals surface area contributed by atoms with Gasteiger partial charge in [-0.2, -0.15) is 0 Å². The number of halogens is 2. The molecule has 0 aliphatic carbocycles. The second kappa shape index (κ2) is 8.32. The Hall–Kier alpha value is -1.00. The van der Waals surface area contributed by atoms with Crippen molar-refractivity contribution in [3.05, 3.63) is 35.4 Å². The van der Waals surface area contributed by atoms with E-state index < -0.39 is 11.6 Å². The number of nitrogens with one attached hydrogen (secondary N) is 1. The summed E-state index contributed by atoms with van der Waals surface area (Å²) in [5, 5.41) is 3.24. The zero-order valence-corrected chi connectivity index (χ0v) is 12.9. The molecule has 0 saturated heterocycles. The molecule has 0 aliphatic heterocycles. The highest BCUT2D eigenvalue weighted by molar-refractivity contribution is 5.23. The molecule has 1 aromatic rings. The van der Waals surface area contributed by atoms with Gasteiger partial charge in [0.25, 0.3) is 0 Å². The van der Waals surface area contributed by atoms with Gasteiger partial charge in [0.1, 0.15) is 0 Å². The maximum absolute atomic E-state index is 13.9. The lowest BCUT2D eigenvalue weighted by atomic mass is 10.0. The van der Waals surface area contributed by atoms with Crippen molar-refractivity contribution in [3.63, 3.8) is 0 Å². The SMILES string of the molecule is CCNC(CN(C)CC(C)CC)c1cccc(F)c1F. The summed E-state index contributed by atoms with van der Waals surface area (Å²) in [6.07, 6.45) is 1.12. The minimum atomic E-state index is -0.782. The summed E-state index contributed by atoms with van der Waals surface area (Å²) in [6, 6.07) is 4.19. The Morgan fingerprint density at radius 1 is 1.20 bits per heavy atom. The fraction of sp³-hybridized carbons (Fsp3) is 0.625. The minimum Gasteiger partial charge on any atom is -0.309 e. The van der Waals surface area contributed by atoms with Gasteiger partial charge in [-0.05, 0) is 25.6 Å². The zero-order chi connectivity index (χ0) is 15.1. The van der Waals surface area contributed by atoms with Gasteiger partial charge in [-0.1, -0.05) is 39.3 Å². The Morgan fingerprint density at radius 2 is 1.90 bits per heavy atom. The maximum Gasteiger partial charge on any atom is 0.163 e. The molecule has 2 atom stereocenters. The molecule has 114 valence electrons. The number of hydrogen-bond donors (Lipinski definition) is 1. The number of likely N-dealkylation sites (N-methyl/N-ethyl adjacent to an activating group) is 2. The van der Waals surface area contributed by atoms with E-state index in [0.29, 0.717) is 18.0 Å². The van der Waals surface area contributed by atoms with E-state index in [0.717, 1.165) is 25.6 Å². The molecule has 0 aromatic heterocycles. The van der Waals surface area contributed by atoms with Crippen molar-refractivity contribution in [1.29, 1.82) is 0 Å². The van der Waals surface area contributed by atoms with Gasteiger partial charge < -0.3 is 10.2 Å². The molecule has 1 aromatic carbocycles. The van der Waals surface area contributed by atoms with E-state index >= 15 is 0 Å². The first-order valence-electron chi connectivity index (χ1n) is 7.35. The van der Waals surface area contributed by atoms with Gasteiger partial charge in [0.15, 0.2) is 11.6 Å². The van der Waals surface area contributed by atoms with E-state index in [4.69, 9.17) is 0 Å². The summed E-state index contributed by atoms with van der Waals surface area (Å²) in [5.74, 6) is -0.926. The molecule has 0 radical (unpaired) electrons.